The van der Waals surface area contributed by atoms with Crippen molar-refractivity contribution in [2.75, 3.05) is 37.6 Å². The van der Waals surface area contributed by atoms with Crippen LogP contribution in [0.4, 0.5) is 14.5 Å². The molecule has 3 heterocycles. The van der Waals surface area contributed by atoms with Crippen LogP contribution in [0.15, 0.2) is 17.0 Å². The molecule has 37 heavy (non-hydrogen) atoms. The average molecular weight is 551 g/mol. The quantitative estimate of drug-likeness (QED) is 0.454. The van der Waals surface area contributed by atoms with Gasteiger partial charge in [-0.2, -0.15) is 15.1 Å². The van der Waals surface area contributed by atoms with E-state index in [1.165, 1.54) is 6.07 Å². The summed E-state index contributed by atoms with van der Waals surface area (Å²) < 4.78 is 57.4. The van der Waals surface area contributed by atoms with Crippen molar-refractivity contribution in [3.05, 3.63) is 17.1 Å². The fourth-order valence-corrected chi connectivity index (χ4v) is 6.83. The highest BCUT2D eigenvalue weighted by molar-refractivity contribution is 7.89. The first-order valence-corrected chi connectivity index (χ1v) is 14.4. The summed E-state index contributed by atoms with van der Waals surface area (Å²) in [4.78, 5) is 4.51. The number of benzene rings is 1. The number of nitrogens with one attached hydrogen (secondary N) is 1. The monoisotopic (exact) mass is 550 g/mol. The molecule has 2 aromatic heterocycles. The highest BCUT2D eigenvalue weighted by atomic mass is 32.2. The van der Waals surface area contributed by atoms with E-state index in [1.807, 2.05) is 0 Å². The molecular formula is C23H28F2N8O2S2. The van der Waals surface area contributed by atoms with Gasteiger partial charge in [0, 0.05) is 45.2 Å². The minimum absolute atomic E-state index is 0.00557. The lowest BCUT2D eigenvalue weighted by molar-refractivity contribution is 0.150. The maximum atomic E-state index is 13.4. The summed E-state index contributed by atoms with van der Waals surface area (Å²) in [6, 6.07) is 5.16. The van der Waals surface area contributed by atoms with Gasteiger partial charge in [0.25, 0.3) is 6.43 Å². The number of rotatable bonds is 8. The van der Waals surface area contributed by atoms with Crippen molar-refractivity contribution in [1.82, 2.24) is 29.6 Å². The Morgan fingerprint density at radius 3 is 2.46 bits per heavy atom. The van der Waals surface area contributed by atoms with Gasteiger partial charge in [0.1, 0.15) is 11.2 Å². The number of anilines is 1. The van der Waals surface area contributed by atoms with Crippen molar-refractivity contribution in [1.29, 1.82) is 5.26 Å². The number of halogens is 2. The second-order valence-electron chi connectivity index (χ2n) is 10.0. The molecule has 0 amide bonds. The van der Waals surface area contributed by atoms with E-state index in [9.17, 15) is 22.5 Å². The summed E-state index contributed by atoms with van der Waals surface area (Å²) in [7, 11) is -2.31. The molecule has 14 heteroatoms. The number of hydrogen-bond acceptors (Lipinski definition) is 9. The van der Waals surface area contributed by atoms with E-state index in [0.29, 0.717) is 54.1 Å². The molecule has 1 saturated carbocycles. The minimum atomic E-state index is -4.04. The van der Waals surface area contributed by atoms with Crippen LogP contribution in [-0.2, 0) is 17.1 Å². The van der Waals surface area contributed by atoms with Crippen molar-refractivity contribution >= 4 is 38.0 Å². The van der Waals surface area contributed by atoms with Crippen LogP contribution in [0.2, 0.25) is 0 Å². The zero-order valence-corrected chi connectivity index (χ0v) is 22.4. The van der Waals surface area contributed by atoms with Crippen molar-refractivity contribution in [3.63, 3.8) is 0 Å². The molecule has 0 atom stereocenters. The molecule has 0 unspecified atom stereocenters. The Balaban J connectivity index is 1.61. The lowest BCUT2D eigenvalue weighted by atomic mass is 10.1. The lowest BCUT2D eigenvalue weighted by Gasteiger charge is -2.37. The molecule has 1 aromatic carbocycles. The largest absolute Gasteiger partial charge is 0.367 e. The van der Waals surface area contributed by atoms with Crippen molar-refractivity contribution < 1.29 is 17.2 Å². The predicted octanol–water partition coefficient (Wildman–Crippen LogP) is 3.14. The summed E-state index contributed by atoms with van der Waals surface area (Å²) >= 11 is 0.730. The number of sulfonamides is 1. The Labute approximate surface area is 217 Å². The Hall–Kier alpha value is -2.73. The van der Waals surface area contributed by atoms with E-state index in [1.54, 1.807) is 17.8 Å². The maximum absolute atomic E-state index is 13.4. The van der Waals surface area contributed by atoms with Crippen LogP contribution in [0, 0.1) is 17.2 Å². The molecular weight excluding hydrogens is 522 g/mol. The van der Waals surface area contributed by atoms with Gasteiger partial charge in [-0.1, -0.05) is 25.2 Å². The smallest absolute Gasteiger partial charge is 0.291 e. The number of nitriles is 1. The molecule has 3 aromatic rings. The first-order valence-electron chi connectivity index (χ1n) is 12.1. The molecule has 10 nitrogen and oxygen atoms in total. The third-order valence-corrected chi connectivity index (χ3v) is 9.12. The number of alkyl halides is 2. The third kappa shape index (κ3) is 5.05. The molecule has 198 valence electrons. The highest BCUT2D eigenvalue weighted by Gasteiger charge is 2.47. The van der Waals surface area contributed by atoms with Crippen molar-refractivity contribution in [3.8, 4) is 16.8 Å². The Bertz CT molecular complexity index is 1470. The number of nitrogens with zero attached hydrogens (tertiary/aromatic N) is 7. The third-order valence-electron chi connectivity index (χ3n) is 6.66. The highest BCUT2D eigenvalue weighted by Crippen LogP contribution is 2.40. The lowest BCUT2D eigenvalue weighted by Crippen LogP contribution is -2.47. The standard InChI is InChI=1S/C23H28F2N8O2S2/c1-14(2)12-32-6-8-33(9-7-32)17-11-15(37(34,35)30-23(13-26)4-5-23)10-16-18(29-31(3)19(16)17)21-27-28-22(36-21)20(24)25/h10-11,14,20,30H,4-9,12H2,1-3H3. The number of piperazine rings is 1. The van der Waals surface area contributed by atoms with Gasteiger partial charge >= 0.3 is 0 Å². The van der Waals surface area contributed by atoms with Gasteiger partial charge in [-0.15, -0.1) is 10.2 Å². The van der Waals surface area contributed by atoms with Gasteiger partial charge in [0.05, 0.1) is 22.2 Å². The van der Waals surface area contributed by atoms with Crippen LogP contribution in [0.1, 0.15) is 38.1 Å². The second-order valence-corrected chi connectivity index (χ2v) is 12.7. The first-order chi connectivity index (χ1) is 17.5. The number of fused-ring (bicyclic) bond motifs is 1. The van der Waals surface area contributed by atoms with Crippen LogP contribution in [0.5, 0.6) is 0 Å². The van der Waals surface area contributed by atoms with Gasteiger partial charge in [-0.05, 0) is 30.9 Å². The Kier molecular flexibility index (Phi) is 6.68. The Morgan fingerprint density at radius 2 is 1.89 bits per heavy atom. The van der Waals surface area contributed by atoms with E-state index < -0.39 is 27.0 Å². The topological polar surface area (TPSA) is 120 Å². The van der Waals surface area contributed by atoms with Crippen LogP contribution < -0.4 is 9.62 Å². The Morgan fingerprint density at radius 1 is 1.19 bits per heavy atom. The van der Waals surface area contributed by atoms with E-state index in [2.05, 4.69) is 49.7 Å². The van der Waals surface area contributed by atoms with Gasteiger partial charge in [0.2, 0.25) is 10.0 Å². The summed E-state index contributed by atoms with van der Waals surface area (Å²) in [6.45, 7) is 8.36. The predicted molar refractivity (Wildman–Crippen MR) is 136 cm³/mol. The summed E-state index contributed by atoms with van der Waals surface area (Å²) in [5.74, 6) is 0.539. The molecule has 1 aliphatic heterocycles. The van der Waals surface area contributed by atoms with Gasteiger partial charge in [0.15, 0.2) is 10.0 Å². The van der Waals surface area contributed by atoms with Crippen LogP contribution in [-0.4, -0.2) is 71.6 Å². The molecule has 5 rings (SSSR count). The molecule has 0 bridgehead atoms. The van der Waals surface area contributed by atoms with Crippen LogP contribution in [0.3, 0.4) is 0 Å². The van der Waals surface area contributed by atoms with E-state index in [4.69, 9.17) is 0 Å². The van der Waals surface area contributed by atoms with E-state index >= 15 is 0 Å². The molecule has 2 aliphatic rings. The number of aryl methyl sites for hydroxylation is 1. The average Bonchev–Trinajstić information content (AvgIpc) is 3.28. The normalized spacial score (nSPS) is 18.2. The van der Waals surface area contributed by atoms with Gasteiger partial charge < -0.3 is 4.90 Å². The number of hydrogen-bond donors (Lipinski definition) is 1. The van der Waals surface area contributed by atoms with Crippen LogP contribution in [0.25, 0.3) is 21.6 Å². The fourth-order valence-electron chi connectivity index (χ4n) is 4.71. The first kappa shape index (κ1) is 25.9. The van der Waals surface area contributed by atoms with E-state index in [0.717, 1.165) is 31.0 Å². The summed E-state index contributed by atoms with van der Waals surface area (Å²) in [5.41, 5.74) is 0.574. The minimum Gasteiger partial charge on any atom is -0.367 e. The zero-order valence-electron chi connectivity index (χ0n) is 20.8. The second kappa shape index (κ2) is 9.54. The summed E-state index contributed by atoms with van der Waals surface area (Å²) in [6.07, 6.45) is -1.86. The van der Waals surface area contributed by atoms with Gasteiger partial charge in [-0.25, -0.2) is 17.2 Å². The number of aromatic nitrogens is 4. The molecule has 0 radical (unpaired) electrons. The zero-order chi connectivity index (χ0) is 26.5. The SMILES string of the molecule is CC(C)CN1CCN(c2cc(S(=O)(=O)NC3(C#N)CC3)cc3c(-c4nnc(C(F)F)s4)nn(C)c23)CC1. The van der Waals surface area contributed by atoms with Crippen molar-refractivity contribution in [2.24, 2.45) is 13.0 Å². The van der Waals surface area contributed by atoms with Crippen LogP contribution >= 0.6 is 11.3 Å². The molecule has 2 fully saturated rings. The molecule has 1 N–H and O–H groups in total. The molecule has 1 saturated heterocycles. The fraction of sp³-hybridized carbons (Fsp3) is 0.565. The maximum Gasteiger partial charge on any atom is 0.291 e. The van der Waals surface area contributed by atoms with E-state index in [-0.39, 0.29) is 9.90 Å². The molecule has 0 spiro atoms. The van der Waals surface area contributed by atoms with Gasteiger partial charge in [-0.3, -0.25) is 9.58 Å². The molecule has 1 aliphatic carbocycles. The van der Waals surface area contributed by atoms with Crippen molar-refractivity contribution in [2.45, 2.75) is 43.5 Å². The summed E-state index contributed by atoms with van der Waals surface area (Å²) in [5, 5.41) is 21.7.